The van der Waals surface area contributed by atoms with Gasteiger partial charge in [-0.25, -0.2) is 0 Å². The van der Waals surface area contributed by atoms with E-state index in [1.54, 1.807) is 0 Å². The van der Waals surface area contributed by atoms with Gasteiger partial charge in [0.1, 0.15) is 43.2 Å². The molecule has 2 saturated heterocycles. The zero-order valence-electron chi connectivity index (χ0n) is 31.6. The maximum absolute atomic E-state index is 12.3. The predicted octanol–water partition coefficient (Wildman–Crippen LogP) is 4.96. The molecule has 0 saturated carbocycles. The van der Waals surface area contributed by atoms with E-state index in [0.29, 0.717) is 0 Å². The normalized spacial score (nSPS) is 27.4. The van der Waals surface area contributed by atoms with Gasteiger partial charge in [0.15, 0.2) is 24.8 Å². The Hall–Kier alpha value is -4.90. The molecule has 0 aliphatic carbocycles. The van der Waals surface area contributed by atoms with Crippen LogP contribution in [-0.4, -0.2) is 99.6 Å². The van der Waals surface area contributed by atoms with Crippen molar-refractivity contribution >= 4 is 17.9 Å². The van der Waals surface area contributed by atoms with Crippen LogP contribution in [0.15, 0.2) is 96.1 Å². The van der Waals surface area contributed by atoms with Crippen LogP contribution in [0.5, 0.6) is 0 Å². The summed E-state index contributed by atoms with van der Waals surface area (Å²) in [6.07, 6.45) is -9.61. The average molecular weight is 778 g/mol. The molecule has 2 aliphatic heterocycles. The molecule has 56 heavy (non-hydrogen) atoms. The molecule has 10 atom stereocenters. The zero-order valence-corrected chi connectivity index (χ0v) is 31.6. The molecule has 0 bridgehead atoms. The maximum atomic E-state index is 12.3. The first-order chi connectivity index (χ1) is 27.2. The second-order valence-electron chi connectivity index (χ2n) is 13.1. The first kappa shape index (κ1) is 42.2. The van der Waals surface area contributed by atoms with Crippen molar-refractivity contribution in [2.45, 2.75) is 102 Å². The van der Waals surface area contributed by atoms with Crippen LogP contribution >= 0.6 is 0 Å². The molecule has 3 aromatic carbocycles. The molecule has 0 N–H and O–H groups in total. The Kier molecular flexibility index (Phi) is 16.2. The van der Waals surface area contributed by atoms with Gasteiger partial charge in [0.25, 0.3) is 0 Å². The van der Waals surface area contributed by atoms with Crippen LogP contribution in [0.1, 0.15) is 37.5 Å². The molecular formula is C40H47N3O13. The lowest BCUT2D eigenvalue weighted by Crippen LogP contribution is -2.63. The fourth-order valence-corrected chi connectivity index (χ4v) is 6.46. The highest BCUT2D eigenvalue weighted by Gasteiger charge is 2.53. The smallest absolute Gasteiger partial charge is 0.303 e. The molecule has 0 unspecified atom stereocenters. The van der Waals surface area contributed by atoms with Gasteiger partial charge >= 0.3 is 17.9 Å². The van der Waals surface area contributed by atoms with Gasteiger partial charge in [-0.1, -0.05) is 96.1 Å². The molecule has 3 aromatic rings. The molecule has 2 heterocycles. The van der Waals surface area contributed by atoms with Crippen LogP contribution in [0.3, 0.4) is 0 Å². The molecule has 16 heteroatoms. The van der Waals surface area contributed by atoms with Gasteiger partial charge in [-0.3, -0.25) is 14.4 Å². The second kappa shape index (κ2) is 21.4. The van der Waals surface area contributed by atoms with Crippen LogP contribution in [0.25, 0.3) is 10.4 Å². The van der Waals surface area contributed by atoms with Crippen LogP contribution in [-0.2, 0) is 81.6 Å². The van der Waals surface area contributed by atoms with Crippen molar-refractivity contribution in [3.8, 4) is 0 Å². The number of ether oxygens (including phenoxy) is 10. The van der Waals surface area contributed by atoms with Crippen LogP contribution < -0.4 is 0 Å². The molecular weight excluding hydrogens is 730 g/mol. The highest BCUT2D eigenvalue weighted by Crippen LogP contribution is 2.34. The quantitative estimate of drug-likeness (QED) is 0.0554. The Labute approximate surface area is 324 Å². The van der Waals surface area contributed by atoms with Crippen molar-refractivity contribution in [3.05, 3.63) is 118 Å². The van der Waals surface area contributed by atoms with E-state index in [1.165, 1.54) is 14.0 Å². The SMILES string of the molecule is CO[C@H]1O[C@H](CO[C@H]2O[C@H](COC(C)=O)[C@H](OC(C)=O)[C@H](OC(C)=O)[C@H]2N=[N+]=[N-])[C@@H](OCc2ccccc2)[C@H](OCc2ccccc2)[C@H]1OCc1ccccc1. The van der Waals surface area contributed by atoms with Gasteiger partial charge in [0, 0.05) is 32.8 Å². The summed E-state index contributed by atoms with van der Waals surface area (Å²) in [4.78, 5) is 39.2. The molecule has 16 nitrogen and oxygen atoms in total. The van der Waals surface area contributed by atoms with Gasteiger partial charge < -0.3 is 47.4 Å². The number of azide groups is 1. The van der Waals surface area contributed by atoms with Crippen LogP contribution in [0, 0.1) is 0 Å². The third-order valence-corrected chi connectivity index (χ3v) is 8.96. The number of benzene rings is 3. The van der Waals surface area contributed by atoms with Crippen LogP contribution in [0.4, 0.5) is 0 Å². The lowest BCUT2D eigenvalue weighted by Gasteiger charge is -2.47. The summed E-state index contributed by atoms with van der Waals surface area (Å²) in [7, 11) is 1.49. The first-order valence-corrected chi connectivity index (χ1v) is 18.1. The van der Waals surface area contributed by atoms with E-state index in [0.717, 1.165) is 30.5 Å². The summed E-state index contributed by atoms with van der Waals surface area (Å²) in [5, 5.41) is 3.83. The van der Waals surface area contributed by atoms with E-state index in [9.17, 15) is 19.9 Å². The fraction of sp³-hybridized carbons (Fsp3) is 0.475. The highest BCUT2D eigenvalue weighted by atomic mass is 16.7. The van der Waals surface area contributed by atoms with Crippen molar-refractivity contribution in [3.63, 3.8) is 0 Å². The van der Waals surface area contributed by atoms with Crippen molar-refractivity contribution in [2.75, 3.05) is 20.3 Å². The minimum atomic E-state index is -1.42. The lowest BCUT2D eigenvalue weighted by atomic mass is 9.96. The molecule has 2 fully saturated rings. The third-order valence-electron chi connectivity index (χ3n) is 8.96. The lowest BCUT2D eigenvalue weighted by molar-refractivity contribution is -0.334. The van der Waals surface area contributed by atoms with Crippen LogP contribution in [0.2, 0.25) is 0 Å². The topological polar surface area (TPSA) is 192 Å². The summed E-state index contributed by atoms with van der Waals surface area (Å²) < 4.78 is 60.8. The number of esters is 3. The number of methoxy groups -OCH3 is 1. The van der Waals surface area contributed by atoms with E-state index in [-0.39, 0.29) is 26.4 Å². The Morgan fingerprint density at radius 1 is 0.589 bits per heavy atom. The standard InChI is InChI=1S/C40H47N3O13/c1-25(44)48-23-32-35(53-26(2)45)36(54-27(3)46)33(42-43-41)39(55-32)52-24-31-34(49-20-28-14-8-5-9-15-28)37(50-21-29-16-10-6-11-17-29)38(40(47-4)56-31)51-22-30-18-12-7-13-19-30/h5-19,31-40H,20-24H2,1-4H3/t31-,32-,33-,34-,35+,36-,37+,38-,39+,40+/m1/s1. The number of hydrogen-bond donors (Lipinski definition) is 0. The minimum Gasteiger partial charge on any atom is -0.463 e. The highest BCUT2D eigenvalue weighted by molar-refractivity contribution is 5.68. The predicted molar refractivity (Wildman–Crippen MR) is 196 cm³/mol. The zero-order chi connectivity index (χ0) is 39.9. The van der Waals surface area contributed by atoms with Gasteiger partial charge in [-0.15, -0.1) is 0 Å². The second-order valence-corrected chi connectivity index (χ2v) is 13.1. The van der Waals surface area contributed by atoms with Crippen molar-refractivity contribution in [1.29, 1.82) is 0 Å². The molecule has 0 amide bonds. The summed E-state index contributed by atoms with van der Waals surface area (Å²) in [6, 6.07) is 27.5. The Balaban J connectivity index is 1.47. The average Bonchev–Trinajstić information content (AvgIpc) is 3.19. The Morgan fingerprint density at radius 2 is 1.05 bits per heavy atom. The minimum absolute atomic E-state index is 0.171. The molecule has 0 radical (unpaired) electrons. The van der Waals surface area contributed by atoms with Gasteiger partial charge in [-0.05, 0) is 22.2 Å². The number of hydrogen-bond acceptors (Lipinski definition) is 14. The van der Waals surface area contributed by atoms with Gasteiger partial charge in [-0.2, -0.15) is 0 Å². The van der Waals surface area contributed by atoms with Crippen molar-refractivity contribution in [2.24, 2.45) is 5.11 Å². The Bertz CT molecular complexity index is 1730. The number of carbonyl (C=O) groups excluding carboxylic acids is 3. The van der Waals surface area contributed by atoms with E-state index < -0.39 is 85.9 Å². The summed E-state index contributed by atoms with van der Waals surface area (Å²) in [5.74, 6) is -2.14. The van der Waals surface area contributed by atoms with E-state index in [4.69, 9.17) is 47.4 Å². The molecule has 2 aliphatic rings. The van der Waals surface area contributed by atoms with Gasteiger partial charge in [0.05, 0.1) is 26.4 Å². The van der Waals surface area contributed by atoms with E-state index in [2.05, 4.69) is 10.0 Å². The molecule has 300 valence electrons. The number of carbonyl (C=O) groups is 3. The number of nitrogens with zero attached hydrogens (tertiary/aromatic N) is 3. The largest absolute Gasteiger partial charge is 0.463 e. The summed E-state index contributed by atoms with van der Waals surface area (Å²) in [5.41, 5.74) is 12.3. The summed E-state index contributed by atoms with van der Waals surface area (Å²) in [6.45, 7) is 3.42. The fourth-order valence-electron chi connectivity index (χ4n) is 6.46. The summed E-state index contributed by atoms with van der Waals surface area (Å²) >= 11 is 0. The Morgan fingerprint density at radius 3 is 1.54 bits per heavy atom. The van der Waals surface area contributed by atoms with E-state index in [1.807, 2.05) is 91.0 Å². The van der Waals surface area contributed by atoms with Gasteiger partial charge in [0.2, 0.25) is 0 Å². The monoisotopic (exact) mass is 777 g/mol. The van der Waals surface area contributed by atoms with Crippen molar-refractivity contribution in [1.82, 2.24) is 0 Å². The third kappa shape index (κ3) is 12.0. The van der Waals surface area contributed by atoms with Crippen molar-refractivity contribution < 1.29 is 61.8 Å². The number of rotatable bonds is 18. The molecule has 0 aromatic heterocycles. The first-order valence-electron chi connectivity index (χ1n) is 18.1. The maximum Gasteiger partial charge on any atom is 0.303 e. The molecule has 5 rings (SSSR count). The molecule has 0 spiro atoms. The van der Waals surface area contributed by atoms with E-state index >= 15 is 0 Å².